The maximum absolute atomic E-state index is 13.2. The maximum Gasteiger partial charge on any atom is 0.238 e. The van der Waals surface area contributed by atoms with Crippen LogP contribution in [-0.4, -0.2) is 35.8 Å². The quantitative estimate of drug-likeness (QED) is 0.826. The summed E-state index contributed by atoms with van der Waals surface area (Å²) in [6.07, 6.45) is 2.97. The molecular formula is C18H19F2N3O3. The summed E-state index contributed by atoms with van der Waals surface area (Å²) in [6, 6.07) is 5.90. The SMILES string of the molecule is O=C(CN1CCCC1C(=O)NCc1ccco1)Nc1cc(F)cc(F)c1. The fraction of sp³-hybridized carbons (Fsp3) is 0.333. The van der Waals surface area contributed by atoms with Crippen LogP contribution in [0.15, 0.2) is 41.0 Å². The number of rotatable bonds is 6. The highest BCUT2D eigenvalue weighted by atomic mass is 19.1. The molecule has 0 radical (unpaired) electrons. The summed E-state index contributed by atoms with van der Waals surface area (Å²) in [6.45, 7) is 0.853. The van der Waals surface area contributed by atoms with Gasteiger partial charge in [0.1, 0.15) is 17.4 Å². The van der Waals surface area contributed by atoms with Gasteiger partial charge in [-0.05, 0) is 43.7 Å². The van der Waals surface area contributed by atoms with Crippen molar-refractivity contribution in [3.63, 3.8) is 0 Å². The number of hydrogen-bond acceptors (Lipinski definition) is 4. The van der Waals surface area contributed by atoms with Crippen LogP contribution in [0.2, 0.25) is 0 Å². The second-order valence-electron chi connectivity index (χ2n) is 6.13. The summed E-state index contributed by atoms with van der Waals surface area (Å²) >= 11 is 0. The molecule has 1 fully saturated rings. The van der Waals surface area contributed by atoms with E-state index >= 15 is 0 Å². The van der Waals surface area contributed by atoms with Gasteiger partial charge in [0.25, 0.3) is 0 Å². The second-order valence-corrected chi connectivity index (χ2v) is 6.13. The molecule has 2 heterocycles. The average Bonchev–Trinajstić information content (AvgIpc) is 3.23. The first-order valence-electron chi connectivity index (χ1n) is 8.31. The summed E-state index contributed by atoms with van der Waals surface area (Å²) in [5.41, 5.74) is 0.0468. The van der Waals surface area contributed by atoms with Crippen LogP contribution in [0.4, 0.5) is 14.5 Å². The summed E-state index contributed by atoms with van der Waals surface area (Å²) in [7, 11) is 0. The van der Waals surface area contributed by atoms with Crippen molar-refractivity contribution in [3.8, 4) is 0 Å². The zero-order valence-electron chi connectivity index (χ0n) is 14.0. The Morgan fingerprint density at radius 3 is 2.69 bits per heavy atom. The Labute approximate surface area is 149 Å². The van der Waals surface area contributed by atoms with E-state index in [1.807, 2.05) is 0 Å². The molecule has 1 saturated heterocycles. The van der Waals surface area contributed by atoms with Gasteiger partial charge in [0.15, 0.2) is 0 Å². The first-order chi connectivity index (χ1) is 12.5. The molecular weight excluding hydrogens is 344 g/mol. The number of nitrogens with one attached hydrogen (secondary N) is 2. The van der Waals surface area contributed by atoms with Crippen molar-refractivity contribution in [2.24, 2.45) is 0 Å². The van der Waals surface area contributed by atoms with Crippen LogP contribution in [-0.2, 0) is 16.1 Å². The van der Waals surface area contributed by atoms with Crippen molar-refractivity contribution in [2.75, 3.05) is 18.4 Å². The molecule has 0 aliphatic carbocycles. The highest BCUT2D eigenvalue weighted by molar-refractivity contribution is 5.93. The first-order valence-corrected chi connectivity index (χ1v) is 8.31. The van der Waals surface area contributed by atoms with Gasteiger partial charge in [-0.2, -0.15) is 0 Å². The van der Waals surface area contributed by atoms with E-state index in [4.69, 9.17) is 4.42 Å². The monoisotopic (exact) mass is 363 g/mol. The van der Waals surface area contributed by atoms with Gasteiger partial charge >= 0.3 is 0 Å². The third kappa shape index (κ3) is 4.66. The number of anilines is 1. The number of amides is 2. The molecule has 1 aromatic heterocycles. The summed E-state index contributed by atoms with van der Waals surface area (Å²) in [5, 5.41) is 5.25. The Bertz CT molecular complexity index is 760. The minimum atomic E-state index is -0.767. The largest absolute Gasteiger partial charge is 0.467 e. The number of nitrogens with zero attached hydrogens (tertiary/aromatic N) is 1. The van der Waals surface area contributed by atoms with Crippen molar-refractivity contribution in [3.05, 3.63) is 54.0 Å². The molecule has 138 valence electrons. The topological polar surface area (TPSA) is 74.6 Å². The molecule has 2 aromatic rings. The van der Waals surface area contributed by atoms with Crippen LogP contribution in [0.1, 0.15) is 18.6 Å². The van der Waals surface area contributed by atoms with Crippen LogP contribution >= 0.6 is 0 Å². The van der Waals surface area contributed by atoms with E-state index in [0.717, 1.165) is 24.6 Å². The predicted octanol–water partition coefficient (Wildman–Crippen LogP) is 2.28. The lowest BCUT2D eigenvalue weighted by atomic mass is 10.2. The third-order valence-corrected chi connectivity index (χ3v) is 4.18. The maximum atomic E-state index is 13.2. The predicted molar refractivity (Wildman–Crippen MR) is 90.1 cm³/mol. The fourth-order valence-electron chi connectivity index (χ4n) is 3.03. The molecule has 3 rings (SSSR count). The molecule has 2 N–H and O–H groups in total. The van der Waals surface area contributed by atoms with E-state index < -0.39 is 23.6 Å². The first kappa shape index (κ1) is 18.1. The van der Waals surface area contributed by atoms with E-state index in [1.54, 1.807) is 17.0 Å². The average molecular weight is 363 g/mol. The Morgan fingerprint density at radius 2 is 2.00 bits per heavy atom. The zero-order chi connectivity index (χ0) is 18.5. The van der Waals surface area contributed by atoms with Crippen molar-refractivity contribution < 1.29 is 22.8 Å². The smallest absolute Gasteiger partial charge is 0.238 e. The van der Waals surface area contributed by atoms with Gasteiger partial charge in [-0.15, -0.1) is 0 Å². The number of carbonyl (C=O) groups is 2. The van der Waals surface area contributed by atoms with E-state index in [1.165, 1.54) is 6.26 Å². The fourth-order valence-corrected chi connectivity index (χ4v) is 3.03. The molecule has 6 nitrogen and oxygen atoms in total. The van der Waals surface area contributed by atoms with Gasteiger partial charge in [0.05, 0.1) is 25.4 Å². The zero-order valence-corrected chi connectivity index (χ0v) is 14.0. The van der Waals surface area contributed by atoms with E-state index in [2.05, 4.69) is 10.6 Å². The minimum Gasteiger partial charge on any atom is -0.467 e. The minimum absolute atomic E-state index is 0.0308. The molecule has 0 spiro atoms. The number of furan rings is 1. The number of halogens is 2. The number of benzene rings is 1. The molecule has 0 saturated carbocycles. The van der Waals surface area contributed by atoms with Gasteiger partial charge in [-0.3, -0.25) is 14.5 Å². The lowest BCUT2D eigenvalue weighted by Gasteiger charge is -2.23. The molecule has 1 unspecified atom stereocenters. The molecule has 1 aromatic carbocycles. The number of hydrogen-bond donors (Lipinski definition) is 2. The second kappa shape index (κ2) is 8.09. The Kier molecular flexibility index (Phi) is 5.62. The van der Waals surface area contributed by atoms with E-state index in [9.17, 15) is 18.4 Å². The van der Waals surface area contributed by atoms with Crippen molar-refractivity contribution >= 4 is 17.5 Å². The molecule has 1 atom stereocenters. The number of likely N-dealkylation sites (tertiary alicyclic amines) is 1. The van der Waals surface area contributed by atoms with Crippen molar-refractivity contribution in [1.29, 1.82) is 0 Å². The van der Waals surface area contributed by atoms with Crippen LogP contribution in [0.5, 0.6) is 0 Å². The Balaban J connectivity index is 1.54. The highest BCUT2D eigenvalue weighted by Gasteiger charge is 2.31. The van der Waals surface area contributed by atoms with Crippen molar-refractivity contribution in [1.82, 2.24) is 10.2 Å². The summed E-state index contributed by atoms with van der Waals surface area (Å²) in [5.74, 6) is -1.49. The lowest BCUT2D eigenvalue weighted by molar-refractivity contribution is -0.126. The van der Waals surface area contributed by atoms with Crippen LogP contribution < -0.4 is 10.6 Å². The Morgan fingerprint density at radius 1 is 1.23 bits per heavy atom. The summed E-state index contributed by atoms with van der Waals surface area (Å²) < 4.78 is 31.6. The Hall–Kier alpha value is -2.74. The van der Waals surface area contributed by atoms with Crippen LogP contribution in [0, 0.1) is 11.6 Å². The van der Waals surface area contributed by atoms with Crippen LogP contribution in [0.25, 0.3) is 0 Å². The van der Waals surface area contributed by atoms with Gasteiger partial charge in [0, 0.05) is 11.8 Å². The third-order valence-electron chi connectivity index (χ3n) is 4.18. The van der Waals surface area contributed by atoms with E-state index in [-0.39, 0.29) is 24.7 Å². The van der Waals surface area contributed by atoms with Gasteiger partial charge in [0.2, 0.25) is 11.8 Å². The van der Waals surface area contributed by atoms with Gasteiger partial charge in [-0.1, -0.05) is 0 Å². The molecule has 26 heavy (non-hydrogen) atoms. The molecule has 8 heteroatoms. The standard InChI is InChI=1S/C18H19F2N3O3/c19-12-7-13(20)9-14(8-12)22-17(24)11-23-5-1-4-16(23)18(25)21-10-15-3-2-6-26-15/h2-3,6-9,16H,1,4-5,10-11H2,(H,21,25)(H,22,24). The van der Waals surface area contributed by atoms with Crippen LogP contribution in [0.3, 0.4) is 0 Å². The van der Waals surface area contributed by atoms with Gasteiger partial charge < -0.3 is 15.1 Å². The van der Waals surface area contributed by atoms with E-state index in [0.29, 0.717) is 18.7 Å². The number of carbonyl (C=O) groups excluding carboxylic acids is 2. The van der Waals surface area contributed by atoms with Crippen molar-refractivity contribution in [2.45, 2.75) is 25.4 Å². The lowest BCUT2D eigenvalue weighted by Crippen LogP contribution is -2.45. The molecule has 1 aliphatic heterocycles. The van der Waals surface area contributed by atoms with Gasteiger partial charge in [-0.25, -0.2) is 8.78 Å². The normalized spacial score (nSPS) is 17.2. The summed E-state index contributed by atoms with van der Waals surface area (Å²) in [4.78, 5) is 26.3. The molecule has 0 bridgehead atoms. The highest BCUT2D eigenvalue weighted by Crippen LogP contribution is 2.18. The molecule has 1 aliphatic rings. The molecule has 2 amide bonds.